The van der Waals surface area contributed by atoms with Crippen molar-refractivity contribution in [3.05, 3.63) is 60.0 Å². The van der Waals surface area contributed by atoms with E-state index in [1.54, 1.807) is 4.68 Å². The van der Waals surface area contributed by atoms with Gasteiger partial charge in [0.1, 0.15) is 11.5 Å². The SMILES string of the molecule is CNC1CCN(C(=O)c2cn(-c3ccccc3)nc2-c2ccc(C)o2)CC1. The maximum absolute atomic E-state index is 13.3. The number of carbonyl (C=O) groups is 1. The van der Waals surface area contributed by atoms with E-state index >= 15 is 0 Å². The van der Waals surface area contributed by atoms with Gasteiger partial charge in [-0.2, -0.15) is 5.10 Å². The zero-order chi connectivity index (χ0) is 18.8. The van der Waals surface area contributed by atoms with Crippen molar-refractivity contribution in [3.63, 3.8) is 0 Å². The van der Waals surface area contributed by atoms with Gasteiger partial charge in [-0.1, -0.05) is 18.2 Å². The Hall–Kier alpha value is -2.86. The highest BCUT2D eigenvalue weighted by Gasteiger charge is 2.28. The van der Waals surface area contributed by atoms with E-state index in [1.807, 2.05) is 67.5 Å². The number of nitrogens with zero attached hydrogens (tertiary/aromatic N) is 3. The number of hydrogen-bond acceptors (Lipinski definition) is 4. The molecule has 0 unspecified atom stereocenters. The van der Waals surface area contributed by atoms with E-state index in [-0.39, 0.29) is 5.91 Å². The maximum atomic E-state index is 13.3. The molecule has 140 valence electrons. The lowest BCUT2D eigenvalue weighted by Crippen LogP contribution is -2.44. The van der Waals surface area contributed by atoms with E-state index < -0.39 is 0 Å². The largest absolute Gasteiger partial charge is 0.460 e. The average Bonchev–Trinajstić information content (AvgIpc) is 3.34. The van der Waals surface area contributed by atoms with Crippen LogP contribution in [0.15, 0.2) is 53.1 Å². The average molecular weight is 364 g/mol. The third kappa shape index (κ3) is 3.53. The van der Waals surface area contributed by atoms with Gasteiger partial charge in [-0.15, -0.1) is 0 Å². The molecule has 3 heterocycles. The predicted molar refractivity (Wildman–Crippen MR) is 104 cm³/mol. The molecule has 1 amide bonds. The summed E-state index contributed by atoms with van der Waals surface area (Å²) in [6.45, 7) is 3.39. The first-order valence-corrected chi connectivity index (χ1v) is 9.34. The Balaban J connectivity index is 1.70. The summed E-state index contributed by atoms with van der Waals surface area (Å²) in [6.07, 6.45) is 3.74. The summed E-state index contributed by atoms with van der Waals surface area (Å²) in [6, 6.07) is 14.1. The fourth-order valence-corrected chi connectivity index (χ4v) is 3.53. The smallest absolute Gasteiger partial charge is 0.257 e. The summed E-state index contributed by atoms with van der Waals surface area (Å²) < 4.78 is 7.53. The van der Waals surface area contributed by atoms with E-state index in [4.69, 9.17) is 4.42 Å². The van der Waals surface area contributed by atoms with Crippen LogP contribution >= 0.6 is 0 Å². The minimum atomic E-state index is 0.00999. The number of nitrogens with one attached hydrogen (secondary N) is 1. The number of piperidine rings is 1. The van der Waals surface area contributed by atoms with E-state index in [0.717, 1.165) is 37.4 Å². The zero-order valence-electron chi connectivity index (χ0n) is 15.7. The zero-order valence-corrected chi connectivity index (χ0v) is 15.7. The van der Waals surface area contributed by atoms with Gasteiger partial charge in [0, 0.05) is 25.3 Å². The Morgan fingerprint density at radius 3 is 2.52 bits per heavy atom. The lowest BCUT2D eigenvalue weighted by Gasteiger charge is -2.31. The van der Waals surface area contributed by atoms with Crippen molar-refractivity contribution in [2.75, 3.05) is 20.1 Å². The second-order valence-corrected chi connectivity index (χ2v) is 6.94. The Morgan fingerprint density at radius 1 is 1.15 bits per heavy atom. The normalized spacial score (nSPS) is 15.3. The molecule has 2 aromatic heterocycles. The number of likely N-dealkylation sites (tertiary alicyclic amines) is 1. The topological polar surface area (TPSA) is 63.3 Å². The van der Waals surface area contributed by atoms with Crippen molar-refractivity contribution >= 4 is 5.91 Å². The molecule has 1 saturated heterocycles. The Labute approximate surface area is 158 Å². The number of aryl methyl sites for hydroxylation is 1. The first kappa shape index (κ1) is 17.5. The van der Waals surface area contributed by atoms with Crippen LogP contribution in [0.3, 0.4) is 0 Å². The molecule has 1 aliphatic rings. The third-order valence-corrected chi connectivity index (χ3v) is 5.13. The van der Waals surface area contributed by atoms with Crippen molar-refractivity contribution in [1.29, 1.82) is 0 Å². The molecule has 6 heteroatoms. The van der Waals surface area contributed by atoms with E-state index in [0.29, 0.717) is 23.1 Å². The summed E-state index contributed by atoms with van der Waals surface area (Å²) in [7, 11) is 1.98. The predicted octanol–water partition coefficient (Wildman–Crippen LogP) is 3.26. The molecule has 0 spiro atoms. The molecule has 1 aliphatic heterocycles. The highest BCUT2D eigenvalue weighted by atomic mass is 16.3. The number of rotatable bonds is 4. The van der Waals surface area contributed by atoms with Crippen molar-refractivity contribution < 1.29 is 9.21 Å². The van der Waals surface area contributed by atoms with Crippen LogP contribution in [-0.4, -0.2) is 46.8 Å². The minimum Gasteiger partial charge on any atom is -0.460 e. The fraction of sp³-hybridized carbons (Fsp3) is 0.333. The minimum absolute atomic E-state index is 0.00999. The highest BCUT2D eigenvalue weighted by molar-refractivity contribution is 5.99. The van der Waals surface area contributed by atoms with Gasteiger partial charge in [-0.25, -0.2) is 4.68 Å². The van der Waals surface area contributed by atoms with E-state index in [9.17, 15) is 4.79 Å². The Morgan fingerprint density at radius 2 is 1.89 bits per heavy atom. The lowest BCUT2D eigenvalue weighted by atomic mass is 10.0. The second kappa shape index (κ2) is 7.40. The number of para-hydroxylation sites is 1. The molecule has 0 radical (unpaired) electrons. The van der Waals surface area contributed by atoms with Crippen molar-refractivity contribution in [3.8, 4) is 17.1 Å². The van der Waals surface area contributed by atoms with Crippen LogP contribution < -0.4 is 5.32 Å². The third-order valence-electron chi connectivity index (χ3n) is 5.13. The maximum Gasteiger partial charge on any atom is 0.257 e. The van der Waals surface area contributed by atoms with Crippen LogP contribution in [0.2, 0.25) is 0 Å². The van der Waals surface area contributed by atoms with Crippen molar-refractivity contribution in [1.82, 2.24) is 20.0 Å². The second-order valence-electron chi connectivity index (χ2n) is 6.94. The monoisotopic (exact) mass is 364 g/mol. The molecule has 6 nitrogen and oxygen atoms in total. The number of carbonyl (C=O) groups excluding carboxylic acids is 1. The Kier molecular flexibility index (Phi) is 4.81. The van der Waals surface area contributed by atoms with Crippen LogP contribution in [0.25, 0.3) is 17.1 Å². The molecule has 4 rings (SSSR count). The standard InChI is InChI=1S/C21H24N4O2/c1-15-8-9-19(27-15)20-18(14-25(23-20)17-6-4-3-5-7-17)21(26)24-12-10-16(22-2)11-13-24/h3-9,14,16,22H,10-13H2,1-2H3. The number of benzene rings is 1. The van der Waals surface area contributed by atoms with Gasteiger partial charge in [-0.3, -0.25) is 4.79 Å². The quantitative estimate of drug-likeness (QED) is 0.772. The highest BCUT2D eigenvalue weighted by Crippen LogP contribution is 2.27. The Bertz CT molecular complexity index is 921. The van der Waals surface area contributed by atoms with Crippen LogP contribution in [-0.2, 0) is 0 Å². The molecule has 1 fully saturated rings. The van der Waals surface area contributed by atoms with Gasteiger partial charge in [0.05, 0.1) is 11.3 Å². The molecule has 0 bridgehead atoms. The van der Waals surface area contributed by atoms with Crippen LogP contribution in [0.4, 0.5) is 0 Å². The van der Waals surface area contributed by atoms with E-state index in [1.165, 1.54) is 0 Å². The van der Waals surface area contributed by atoms with Gasteiger partial charge < -0.3 is 14.6 Å². The first-order chi connectivity index (χ1) is 13.2. The number of aromatic nitrogens is 2. The molecule has 0 aliphatic carbocycles. The molecule has 0 saturated carbocycles. The van der Waals surface area contributed by atoms with Crippen molar-refractivity contribution in [2.24, 2.45) is 0 Å². The molecule has 0 atom stereocenters. The first-order valence-electron chi connectivity index (χ1n) is 9.34. The van der Waals surface area contributed by atoms with Gasteiger partial charge in [0.25, 0.3) is 5.91 Å². The lowest BCUT2D eigenvalue weighted by molar-refractivity contribution is 0.0708. The molecular formula is C21H24N4O2. The molecule has 1 aromatic carbocycles. The molecule has 3 aromatic rings. The molecule has 27 heavy (non-hydrogen) atoms. The number of furan rings is 1. The summed E-state index contributed by atoms with van der Waals surface area (Å²) in [4.78, 5) is 15.2. The molecular weight excluding hydrogens is 340 g/mol. The summed E-state index contributed by atoms with van der Waals surface area (Å²) in [5.41, 5.74) is 2.08. The van der Waals surface area contributed by atoms with Gasteiger partial charge in [0.2, 0.25) is 0 Å². The fourth-order valence-electron chi connectivity index (χ4n) is 3.53. The van der Waals surface area contributed by atoms with Gasteiger partial charge >= 0.3 is 0 Å². The van der Waals surface area contributed by atoms with Crippen LogP contribution in [0.5, 0.6) is 0 Å². The van der Waals surface area contributed by atoms with Crippen molar-refractivity contribution in [2.45, 2.75) is 25.8 Å². The molecule has 1 N–H and O–H groups in total. The summed E-state index contributed by atoms with van der Waals surface area (Å²) in [5.74, 6) is 1.43. The number of hydrogen-bond donors (Lipinski definition) is 1. The summed E-state index contributed by atoms with van der Waals surface area (Å²) in [5, 5.41) is 7.97. The van der Waals surface area contributed by atoms with E-state index in [2.05, 4.69) is 10.4 Å². The van der Waals surface area contributed by atoms with Gasteiger partial charge in [0.15, 0.2) is 5.76 Å². The van der Waals surface area contributed by atoms with Crippen LogP contribution in [0, 0.1) is 6.92 Å². The van der Waals surface area contributed by atoms with Gasteiger partial charge in [-0.05, 0) is 51.1 Å². The number of amides is 1. The van der Waals surface area contributed by atoms with Crippen LogP contribution in [0.1, 0.15) is 29.0 Å². The summed E-state index contributed by atoms with van der Waals surface area (Å²) >= 11 is 0.